The van der Waals surface area contributed by atoms with Crippen molar-refractivity contribution in [3.05, 3.63) is 35.6 Å². The predicted octanol–water partition coefficient (Wildman–Crippen LogP) is 3.03. The van der Waals surface area contributed by atoms with Crippen LogP contribution in [0.4, 0.5) is 4.39 Å². The van der Waals surface area contributed by atoms with Crippen LogP contribution in [0.1, 0.15) is 31.7 Å². The first-order chi connectivity index (χ1) is 10.1. The Kier molecular flexibility index (Phi) is 7.83. The molecule has 1 aromatic carbocycles. The van der Waals surface area contributed by atoms with Gasteiger partial charge in [-0.15, -0.1) is 12.4 Å². The van der Waals surface area contributed by atoms with Crippen molar-refractivity contribution >= 4 is 18.3 Å². The van der Waals surface area contributed by atoms with E-state index >= 15 is 0 Å². The van der Waals surface area contributed by atoms with Gasteiger partial charge >= 0.3 is 0 Å². The van der Waals surface area contributed by atoms with Gasteiger partial charge in [0.15, 0.2) is 0 Å². The summed E-state index contributed by atoms with van der Waals surface area (Å²) in [6, 6.07) is 7.00. The summed E-state index contributed by atoms with van der Waals surface area (Å²) in [6.45, 7) is 4.03. The number of halogens is 2. The lowest BCUT2D eigenvalue weighted by Crippen LogP contribution is -2.44. The van der Waals surface area contributed by atoms with Crippen LogP contribution in [0.15, 0.2) is 24.3 Å². The highest BCUT2D eigenvalue weighted by Crippen LogP contribution is 2.17. The number of benzene rings is 1. The lowest BCUT2D eigenvalue weighted by molar-refractivity contribution is -0.133. The van der Waals surface area contributed by atoms with Gasteiger partial charge in [0, 0.05) is 19.5 Å². The minimum Gasteiger partial charge on any atom is -0.343 e. The quantitative estimate of drug-likeness (QED) is 0.901. The van der Waals surface area contributed by atoms with Crippen LogP contribution >= 0.6 is 12.4 Å². The molecule has 0 saturated carbocycles. The fraction of sp³-hybridized carbons (Fsp3) is 0.588. The zero-order chi connectivity index (χ0) is 15.2. The average Bonchev–Trinajstić information content (AvgIpc) is 2.47. The van der Waals surface area contributed by atoms with Gasteiger partial charge in [0.25, 0.3) is 0 Å². The smallest absolute Gasteiger partial charge is 0.222 e. The zero-order valence-corrected chi connectivity index (χ0v) is 14.2. The summed E-state index contributed by atoms with van der Waals surface area (Å²) in [7, 11) is 1.91. The fourth-order valence-electron chi connectivity index (χ4n) is 2.98. The summed E-state index contributed by atoms with van der Waals surface area (Å²) < 4.78 is 13.2. The minimum absolute atomic E-state index is 0. The largest absolute Gasteiger partial charge is 0.343 e. The van der Waals surface area contributed by atoms with Crippen LogP contribution in [0.5, 0.6) is 0 Å². The maximum atomic E-state index is 13.2. The van der Waals surface area contributed by atoms with E-state index in [0.29, 0.717) is 12.5 Å². The number of carbonyl (C=O) groups is 1. The summed E-state index contributed by atoms with van der Waals surface area (Å²) in [6.07, 6.45) is 3.32. The first-order valence-electron chi connectivity index (χ1n) is 7.77. The number of hydrogen-bond donors (Lipinski definition) is 1. The van der Waals surface area contributed by atoms with Crippen LogP contribution in [0, 0.1) is 11.7 Å². The van der Waals surface area contributed by atoms with Crippen molar-refractivity contribution in [2.24, 2.45) is 5.92 Å². The Morgan fingerprint density at radius 3 is 2.73 bits per heavy atom. The molecule has 1 fully saturated rings. The first kappa shape index (κ1) is 18.9. The molecule has 1 aromatic rings. The average molecular weight is 329 g/mol. The second-order valence-corrected chi connectivity index (χ2v) is 6.13. The van der Waals surface area contributed by atoms with Crippen LogP contribution in [0.2, 0.25) is 0 Å². The lowest BCUT2D eigenvalue weighted by Gasteiger charge is -2.32. The summed E-state index contributed by atoms with van der Waals surface area (Å²) >= 11 is 0. The van der Waals surface area contributed by atoms with E-state index in [0.717, 1.165) is 37.9 Å². The Morgan fingerprint density at radius 2 is 2.09 bits per heavy atom. The molecule has 1 N–H and O–H groups in total. The summed E-state index contributed by atoms with van der Waals surface area (Å²) in [4.78, 5) is 14.2. The second-order valence-electron chi connectivity index (χ2n) is 6.13. The third-order valence-corrected chi connectivity index (χ3v) is 4.25. The zero-order valence-electron chi connectivity index (χ0n) is 13.3. The molecular weight excluding hydrogens is 303 g/mol. The van der Waals surface area contributed by atoms with E-state index in [4.69, 9.17) is 0 Å². The van der Waals surface area contributed by atoms with Gasteiger partial charge in [-0.25, -0.2) is 4.39 Å². The highest BCUT2D eigenvalue weighted by Gasteiger charge is 2.23. The number of carbonyl (C=O) groups excluding carboxylic acids is 1. The number of nitrogens with zero attached hydrogens (tertiary/aromatic N) is 1. The van der Waals surface area contributed by atoms with Crippen molar-refractivity contribution in [3.8, 4) is 0 Å². The van der Waals surface area contributed by atoms with Gasteiger partial charge in [0.1, 0.15) is 5.82 Å². The van der Waals surface area contributed by atoms with Gasteiger partial charge in [-0.3, -0.25) is 4.79 Å². The summed E-state index contributed by atoms with van der Waals surface area (Å²) in [5.74, 6) is 0.215. The Hall–Kier alpha value is -1.13. The Balaban J connectivity index is 0.00000242. The Bertz CT molecular complexity index is 477. The van der Waals surface area contributed by atoms with E-state index < -0.39 is 0 Å². The third kappa shape index (κ3) is 5.58. The van der Waals surface area contributed by atoms with E-state index in [9.17, 15) is 9.18 Å². The predicted molar refractivity (Wildman–Crippen MR) is 89.8 cm³/mol. The molecule has 1 amide bonds. The molecule has 1 unspecified atom stereocenters. The summed E-state index contributed by atoms with van der Waals surface area (Å²) in [5.41, 5.74) is 0.958. The van der Waals surface area contributed by atoms with Crippen molar-refractivity contribution in [3.63, 3.8) is 0 Å². The number of rotatable bonds is 5. The van der Waals surface area contributed by atoms with Gasteiger partial charge in [0.05, 0.1) is 0 Å². The monoisotopic (exact) mass is 328 g/mol. The van der Waals surface area contributed by atoms with Crippen LogP contribution in [-0.4, -0.2) is 37.0 Å². The molecule has 3 nitrogen and oxygen atoms in total. The molecule has 0 aromatic heterocycles. The van der Waals surface area contributed by atoms with E-state index in [1.807, 2.05) is 18.0 Å². The fourth-order valence-corrected chi connectivity index (χ4v) is 2.98. The number of nitrogens with one attached hydrogen (secondary N) is 1. The number of piperidine rings is 1. The van der Waals surface area contributed by atoms with Gasteiger partial charge in [-0.1, -0.05) is 19.1 Å². The van der Waals surface area contributed by atoms with Gasteiger partial charge in [-0.05, 0) is 56.0 Å². The third-order valence-electron chi connectivity index (χ3n) is 4.25. The van der Waals surface area contributed by atoms with Crippen molar-refractivity contribution in [1.29, 1.82) is 0 Å². The van der Waals surface area contributed by atoms with Crippen LogP contribution < -0.4 is 5.32 Å². The maximum absolute atomic E-state index is 13.2. The molecule has 1 heterocycles. The molecule has 1 saturated heterocycles. The molecule has 0 spiro atoms. The normalized spacial score (nSPS) is 16.7. The van der Waals surface area contributed by atoms with Crippen molar-refractivity contribution < 1.29 is 9.18 Å². The van der Waals surface area contributed by atoms with Gasteiger partial charge in [-0.2, -0.15) is 0 Å². The maximum Gasteiger partial charge on any atom is 0.222 e. The van der Waals surface area contributed by atoms with E-state index in [1.54, 1.807) is 12.1 Å². The Morgan fingerprint density at radius 1 is 1.41 bits per heavy atom. The molecule has 0 aliphatic carbocycles. The molecule has 2 rings (SSSR count). The van der Waals surface area contributed by atoms with Crippen LogP contribution in [-0.2, 0) is 11.2 Å². The second kappa shape index (κ2) is 9.11. The SMILES string of the molecule is CC(CC(=O)N(C)C1CCNCC1)Cc1cccc(F)c1.Cl. The highest BCUT2D eigenvalue weighted by atomic mass is 35.5. The number of hydrogen-bond acceptors (Lipinski definition) is 2. The standard InChI is InChI=1S/C17H25FN2O.ClH/c1-13(10-14-4-3-5-15(18)12-14)11-17(21)20(2)16-6-8-19-9-7-16;/h3-5,12-13,16,19H,6-11H2,1-2H3;1H. The minimum atomic E-state index is -0.210. The number of amides is 1. The van der Waals surface area contributed by atoms with Crippen molar-refractivity contribution in [2.45, 2.75) is 38.6 Å². The van der Waals surface area contributed by atoms with Crippen molar-refractivity contribution in [1.82, 2.24) is 10.2 Å². The molecular formula is C17H26ClFN2O. The lowest BCUT2D eigenvalue weighted by atomic mass is 9.96. The van der Waals surface area contributed by atoms with Gasteiger partial charge in [0.2, 0.25) is 5.91 Å². The highest BCUT2D eigenvalue weighted by molar-refractivity contribution is 5.85. The molecule has 1 aliphatic rings. The summed E-state index contributed by atoms with van der Waals surface area (Å²) in [5, 5.41) is 3.31. The topological polar surface area (TPSA) is 32.3 Å². The molecule has 124 valence electrons. The van der Waals surface area contributed by atoms with Crippen molar-refractivity contribution in [2.75, 3.05) is 20.1 Å². The molecule has 1 atom stereocenters. The molecule has 22 heavy (non-hydrogen) atoms. The molecule has 0 radical (unpaired) electrons. The molecule has 5 heteroatoms. The first-order valence-corrected chi connectivity index (χ1v) is 7.77. The Labute approximate surface area is 138 Å². The van der Waals surface area contributed by atoms with E-state index in [-0.39, 0.29) is 30.0 Å². The van der Waals surface area contributed by atoms with Gasteiger partial charge < -0.3 is 10.2 Å². The van der Waals surface area contributed by atoms with E-state index in [1.165, 1.54) is 6.07 Å². The van der Waals surface area contributed by atoms with Crippen LogP contribution in [0.25, 0.3) is 0 Å². The van der Waals surface area contributed by atoms with Crippen LogP contribution in [0.3, 0.4) is 0 Å². The molecule has 1 aliphatic heterocycles. The molecule has 0 bridgehead atoms. The van der Waals surface area contributed by atoms with E-state index in [2.05, 4.69) is 12.2 Å².